The van der Waals surface area contributed by atoms with Crippen molar-refractivity contribution in [1.29, 1.82) is 0 Å². The molecule has 2 aliphatic heterocycles. The lowest BCUT2D eigenvalue weighted by Crippen LogP contribution is -2.50. The largest absolute Gasteiger partial charge is 0.302 e. The van der Waals surface area contributed by atoms with Gasteiger partial charge in [-0.2, -0.15) is 5.10 Å². The molecule has 0 bridgehead atoms. The molecule has 0 spiro atoms. The van der Waals surface area contributed by atoms with Crippen LogP contribution in [-0.2, 0) is 0 Å². The van der Waals surface area contributed by atoms with Crippen molar-refractivity contribution in [2.24, 2.45) is 0 Å². The van der Waals surface area contributed by atoms with Gasteiger partial charge in [0.1, 0.15) is 0 Å². The summed E-state index contributed by atoms with van der Waals surface area (Å²) in [5, 5.41) is 4.29. The topological polar surface area (TPSA) is 24.3 Å². The summed E-state index contributed by atoms with van der Waals surface area (Å²) in [6, 6.07) is 2.63. The van der Waals surface area contributed by atoms with E-state index in [2.05, 4.69) is 25.8 Å². The maximum absolute atomic E-state index is 4.29. The maximum Gasteiger partial charge on any atom is 0.0772 e. The average molecular weight is 220 g/mol. The molecule has 0 N–H and O–H groups in total. The Morgan fingerprint density at radius 1 is 1.06 bits per heavy atom. The minimum Gasteiger partial charge on any atom is -0.302 e. The molecular formula is C12H20N4. The second kappa shape index (κ2) is 4.55. The van der Waals surface area contributed by atoms with Crippen LogP contribution >= 0.6 is 0 Å². The summed E-state index contributed by atoms with van der Waals surface area (Å²) >= 11 is 0. The van der Waals surface area contributed by atoms with Gasteiger partial charge < -0.3 is 4.90 Å². The van der Waals surface area contributed by atoms with Gasteiger partial charge in [-0.05, 0) is 32.0 Å². The van der Waals surface area contributed by atoms with Crippen molar-refractivity contribution in [1.82, 2.24) is 19.6 Å². The summed E-state index contributed by atoms with van der Waals surface area (Å²) < 4.78 is 2.09. The van der Waals surface area contributed by atoms with Crippen LogP contribution < -0.4 is 0 Å². The van der Waals surface area contributed by atoms with Crippen LogP contribution in [0.1, 0.15) is 18.9 Å². The molecule has 2 saturated heterocycles. The zero-order chi connectivity index (χ0) is 10.8. The first kappa shape index (κ1) is 10.3. The summed E-state index contributed by atoms with van der Waals surface area (Å²) in [5.41, 5.74) is 0. The van der Waals surface area contributed by atoms with Gasteiger partial charge in [0.05, 0.1) is 6.04 Å². The number of hydrogen-bond acceptors (Lipinski definition) is 3. The van der Waals surface area contributed by atoms with Gasteiger partial charge in [0, 0.05) is 38.6 Å². The minimum absolute atomic E-state index is 0.619. The van der Waals surface area contributed by atoms with E-state index in [1.54, 1.807) is 0 Å². The Hall–Kier alpha value is -0.870. The standard InChI is InChI=1S/C12H20N4/c1-2-6-14(5-1)8-9-15-10-12(11-15)16-7-3-4-13-16/h3-4,7,12H,1-2,5-6,8-11H2. The van der Waals surface area contributed by atoms with Gasteiger partial charge in [0.25, 0.3) is 0 Å². The fraction of sp³-hybridized carbons (Fsp3) is 0.750. The van der Waals surface area contributed by atoms with Crippen LogP contribution in [0.15, 0.2) is 18.5 Å². The molecule has 1 aromatic rings. The quantitative estimate of drug-likeness (QED) is 0.751. The summed E-state index contributed by atoms with van der Waals surface area (Å²) in [7, 11) is 0. The van der Waals surface area contributed by atoms with Crippen LogP contribution in [0.3, 0.4) is 0 Å². The van der Waals surface area contributed by atoms with E-state index in [-0.39, 0.29) is 0 Å². The zero-order valence-corrected chi connectivity index (χ0v) is 9.76. The first-order valence-electron chi connectivity index (χ1n) is 6.36. The van der Waals surface area contributed by atoms with E-state index in [0.717, 1.165) is 0 Å². The van der Waals surface area contributed by atoms with Crippen LogP contribution in [0.5, 0.6) is 0 Å². The van der Waals surface area contributed by atoms with Crippen LogP contribution in [0.2, 0.25) is 0 Å². The molecule has 0 atom stereocenters. The van der Waals surface area contributed by atoms with E-state index < -0.39 is 0 Å². The van der Waals surface area contributed by atoms with Crippen LogP contribution in [0.4, 0.5) is 0 Å². The molecule has 88 valence electrons. The van der Waals surface area contributed by atoms with E-state index in [1.165, 1.54) is 52.1 Å². The van der Waals surface area contributed by atoms with Crippen molar-refractivity contribution >= 4 is 0 Å². The molecule has 3 rings (SSSR count). The molecule has 2 fully saturated rings. The Morgan fingerprint density at radius 2 is 1.81 bits per heavy atom. The highest BCUT2D eigenvalue weighted by atomic mass is 15.4. The van der Waals surface area contributed by atoms with E-state index >= 15 is 0 Å². The monoisotopic (exact) mass is 220 g/mol. The maximum atomic E-state index is 4.29. The van der Waals surface area contributed by atoms with Gasteiger partial charge in [-0.1, -0.05) is 0 Å². The third kappa shape index (κ3) is 2.13. The number of aromatic nitrogens is 2. The fourth-order valence-corrected chi connectivity index (χ4v) is 2.68. The molecule has 3 heterocycles. The predicted octanol–water partition coefficient (Wildman–Crippen LogP) is 0.836. The van der Waals surface area contributed by atoms with E-state index in [9.17, 15) is 0 Å². The third-order valence-electron chi connectivity index (χ3n) is 3.77. The van der Waals surface area contributed by atoms with Crippen molar-refractivity contribution < 1.29 is 0 Å². The Morgan fingerprint density at radius 3 is 2.50 bits per heavy atom. The Balaban J connectivity index is 1.37. The molecule has 4 nitrogen and oxygen atoms in total. The van der Waals surface area contributed by atoms with Gasteiger partial charge in [0.15, 0.2) is 0 Å². The summed E-state index contributed by atoms with van der Waals surface area (Å²) in [6.45, 7) is 7.47. The molecule has 0 radical (unpaired) electrons. The third-order valence-corrected chi connectivity index (χ3v) is 3.77. The van der Waals surface area contributed by atoms with Gasteiger partial charge in [-0.25, -0.2) is 0 Å². The summed E-state index contributed by atoms with van der Waals surface area (Å²) in [6.07, 6.45) is 6.74. The van der Waals surface area contributed by atoms with Gasteiger partial charge in [-0.3, -0.25) is 9.58 Å². The zero-order valence-electron chi connectivity index (χ0n) is 9.76. The molecule has 2 aliphatic rings. The molecule has 16 heavy (non-hydrogen) atoms. The van der Waals surface area contributed by atoms with Crippen molar-refractivity contribution in [3.05, 3.63) is 18.5 Å². The Labute approximate surface area is 96.8 Å². The number of likely N-dealkylation sites (tertiary alicyclic amines) is 2. The van der Waals surface area contributed by atoms with Crippen LogP contribution in [0.25, 0.3) is 0 Å². The smallest absolute Gasteiger partial charge is 0.0772 e. The highest BCUT2D eigenvalue weighted by Crippen LogP contribution is 2.19. The number of nitrogens with zero attached hydrogens (tertiary/aromatic N) is 4. The van der Waals surface area contributed by atoms with Crippen molar-refractivity contribution in [3.8, 4) is 0 Å². The van der Waals surface area contributed by atoms with Gasteiger partial charge in [-0.15, -0.1) is 0 Å². The lowest BCUT2D eigenvalue weighted by Gasteiger charge is -2.39. The Kier molecular flexibility index (Phi) is 2.93. The highest BCUT2D eigenvalue weighted by molar-refractivity contribution is 4.89. The first-order valence-corrected chi connectivity index (χ1v) is 6.36. The first-order chi connectivity index (χ1) is 7.92. The highest BCUT2D eigenvalue weighted by Gasteiger charge is 2.28. The second-order valence-corrected chi connectivity index (χ2v) is 4.95. The van der Waals surface area contributed by atoms with E-state index in [4.69, 9.17) is 0 Å². The van der Waals surface area contributed by atoms with Crippen molar-refractivity contribution in [3.63, 3.8) is 0 Å². The lowest BCUT2D eigenvalue weighted by molar-refractivity contribution is 0.0877. The predicted molar refractivity (Wildman–Crippen MR) is 63.4 cm³/mol. The molecule has 0 unspecified atom stereocenters. The molecule has 4 heteroatoms. The molecule has 1 aromatic heterocycles. The van der Waals surface area contributed by atoms with Crippen molar-refractivity contribution in [2.75, 3.05) is 39.3 Å². The molecule has 0 aromatic carbocycles. The van der Waals surface area contributed by atoms with E-state index in [1.807, 2.05) is 12.3 Å². The average Bonchev–Trinajstić information content (AvgIpc) is 2.85. The fourth-order valence-electron chi connectivity index (χ4n) is 2.68. The van der Waals surface area contributed by atoms with Gasteiger partial charge >= 0.3 is 0 Å². The van der Waals surface area contributed by atoms with Crippen molar-refractivity contribution in [2.45, 2.75) is 18.9 Å². The molecule has 0 aliphatic carbocycles. The van der Waals surface area contributed by atoms with Crippen LogP contribution in [-0.4, -0.2) is 58.8 Å². The minimum atomic E-state index is 0.619. The lowest BCUT2D eigenvalue weighted by atomic mass is 10.1. The summed E-state index contributed by atoms with van der Waals surface area (Å²) in [5.74, 6) is 0. The number of hydrogen-bond donors (Lipinski definition) is 0. The molecular weight excluding hydrogens is 200 g/mol. The SMILES string of the molecule is c1cnn(C2CN(CCN3CCCC3)C2)c1. The molecule has 0 amide bonds. The van der Waals surface area contributed by atoms with Crippen LogP contribution in [0, 0.1) is 0 Å². The number of rotatable bonds is 4. The van der Waals surface area contributed by atoms with Gasteiger partial charge in [0.2, 0.25) is 0 Å². The second-order valence-electron chi connectivity index (χ2n) is 4.95. The molecule has 0 saturated carbocycles. The summed E-state index contributed by atoms with van der Waals surface area (Å²) in [4.78, 5) is 5.12. The Bertz CT molecular complexity index is 310. The van der Waals surface area contributed by atoms with E-state index in [0.29, 0.717) is 6.04 Å². The normalized spacial score (nSPS) is 23.8.